The summed E-state index contributed by atoms with van der Waals surface area (Å²) in [4.78, 5) is 30.3. The first-order chi connectivity index (χ1) is 19.3. The summed E-state index contributed by atoms with van der Waals surface area (Å²) in [5, 5.41) is 0.337. The Morgan fingerprint density at radius 2 is 1.88 bits per heavy atom. The molecule has 13 heteroatoms. The maximum atomic E-state index is 14.3. The van der Waals surface area contributed by atoms with Gasteiger partial charge < -0.3 is 14.2 Å². The predicted molar refractivity (Wildman–Crippen MR) is 158 cm³/mol. The molecule has 1 aliphatic rings. The minimum atomic E-state index is -4.99. The number of halogens is 5. The third kappa shape index (κ3) is 6.64. The molecule has 1 aliphatic heterocycles. The molecular weight excluding hydrogens is 696 g/mol. The molecule has 1 aromatic heterocycles. The monoisotopic (exact) mass is 720 g/mol. The number of alkyl halides is 3. The van der Waals surface area contributed by atoms with Crippen molar-refractivity contribution >= 4 is 57.6 Å². The summed E-state index contributed by atoms with van der Waals surface area (Å²) in [6.45, 7) is 7.28. The molecule has 0 bridgehead atoms. The van der Waals surface area contributed by atoms with Crippen LogP contribution in [0.1, 0.15) is 44.9 Å². The van der Waals surface area contributed by atoms with E-state index in [4.69, 9.17) is 25.8 Å². The van der Waals surface area contributed by atoms with E-state index in [0.717, 1.165) is 19.5 Å². The van der Waals surface area contributed by atoms with Crippen molar-refractivity contribution in [2.75, 3.05) is 13.2 Å². The smallest absolute Gasteiger partial charge is 0.434 e. The number of allylic oxidation sites excluding steroid dienone is 1. The molecule has 41 heavy (non-hydrogen) atoms. The fourth-order valence-corrected chi connectivity index (χ4v) is 6.12. The van der Waals surface area contributed by atoms with E-state index in [2.05, 4.69) is 27.6 Å². The van der Waals surface area contributed by atoms with Crippen LogP contribution in [-0.4, -0.2) is 36.0 Å². The van der Waals surface area contributed by atoms with E-state index in [-0.39, 0.29) is 27.6 Å². The summed E-state index contributed by atoms with van der Waals surface area (Å²) in [5.41, 5.74) is -1.99. The maximum Gasteiger partial charge on any atom is 0.434 e. The van der Waals surface area contributed by atoms with Gasteiger partial charge in [-0.15, -0.1) is 0 Å². The molecule has 218 valence electrons. The second-order valence-corrected chi connectivity index (χ2v) is 11.7. The van der Waals surface area contributed by atoms with Gasteiger partial charge in [-0.05, 0) is 91.8 Å². The van der Waals surface area contributed by atoms with Crippen molar-refractivity contribution in [3.8, 4) is 11.5 Å². The van der Waals surface area contributed by atoms with Gasteiger partial charge in [-0.1, -0.05) is 35.1 Å². The standard InChI is InChI=1S/C28H25ClF3IN2O5S/c1-5-38-19-12-15(11-18(33)23(19)40-14(3)4)13-20-25(36)35-22(16-7-9-17(29)10-8-16)21(26(37)39-6-2)24(28(30,31)32)34-27(35)41-20/h7-14,22H,5-6H2,1-4H3/b20-13-/t22-/m0/s1. The number of ether oxygens (including phenoxy) is 3. The largest absolute Gasteiger partial charge is 0.490 e. The van der Waals surface area contributed by atoms with Crippen LogP contribution in [0.3, 0.4) is 0 Å². The molecule has 0 saturated carbocycles. The number of rotatable bonds is 8. The summed E-state index contributed by atoms with van der Waals surface area (Å²) in [6, 6.07) is 7.91. The number of carbonyl (C=O) groups is 1. The molecular formula is C28H25ClF3IN2O5S. The minimum Gasteiger partial charge on any atom is -0.490 e. The first-order valence-corrected chi connectivity index (χ1v) is 14.8. The van der Waals surface area contributed by atoms with E-state index in [1.54, 1.807) is 18.2 Å². The minimum absolute atomic E-state index is 0.110. The Bertz CT molecular complexity index is 1680. The van der Waals surface area contributed by atoms with Crippen molar-refractivity contribution in [1.29, 1.82) is 0 Å². The van der Waals surface area contributed by atoms with E-state index in [1.807, 2.05) is 20.8 Å². The molecule has 0 saturated heterocycles. The highest BCUT2D eigenvalue weighted by Gasteiger charge is 2.45. The second kappa shape index (κ2) is 12.6. The number of hydrogen-bond donors (Lipinski definition) is 0. The lowest BCUT2D eigenvalue weighted by molar-refractivity contribution is -0.140. The molecule has 2 aromatic carbocycles. The van der Waals surface area contributed by atoms with E-state index < -0.39 is 35.0 Å². The highest BCUT2D eigenvalue weighted by atomic mass is 127. The van der Waals surface area contributed by atoms with E-state index in [9.17, 15) is 22.8 Å². The van der Waals surface area contributed by atoms with Crippen molar-refractivity contribution in [2.45, 2.75) is 46.0 Å². The van der Waals surface area contributed by atoms with Gasteiger partial charge in [0.15, 0.2) is 22.0 Å². The average Bonchev–Trinajstić information content (AvgIpc) is 3.20. The quantitative estimate of drug-likeness (QED) is 0.218. The third-order valence-electron chi connectivity index (χ3n) is 5.76. The van der Waals surface area contributed by atoms with Crippen LogP contribution < -0.4 is 24.4 Å². The van der Waals surface area contributed by atoms with Gasteiger partial charge in [-0.25, -0.2) is 9.79 Å². The molecule has 0 amide bonds. The van der Waals surface area contributed by atoms with E-state index in [0.29, 0.717) is 28.7 Å². The molecule has 4 rings (SSSR count). The van der Waals surface area contributed by atoms with Gasteiger partial charge in [-0.2, -0.15) is 13.2 Å². The SMILES string of the molecule is CCOC(=O)C1=C(C(F)(F)F)N=c2s/c(=C\c3cc(I)c(OC(C)C)c(OCC)c3)c(=O)n2[C@H]1c1ccc(Cl)cc1. The molecule has 3 aromatic rings. The van der Waals surface area contributed by atoms with Gasteiger partial charge >= 0.3 is 12.1 Å². The average molecular weight is 721 g/mol. The number of thiazole rings is 1. The van der Waals surface area contributed by atoms with Crippen LogP contribution in [0.2, 0.25) is 5.02 Å². The fourth-order valence-electron chi connectivity index (χ4n) is 4.24. The maximum absolute atomic E-state index is 14.3. The van der Waals surface area contributed by atoms with Crippen LogP contribution in [0, 0.1) is 3.57 Å². The highest BCUT2D eigenvalue weighted by Crippen LogP contribution is 2.39. The zero-order valence-electron chi connectivity index (χ0n) is 22.3. The molecule has 0 aliphatic carbocycles. The number of aromatic nitrogens is 1. The van der Waals surface area contributed by atoms with Crippen molar-refractivity contribution in [1.82, 2.24) is 4.57 Å². The normalized spacial score (nSPS) is 15.6. The number of fused-ring (bicyclic) bond motifs is 1. The first-order valence-electron chi connectivity index (χ1n) is 12.5. The lowest BCUT2D eigenvalue weighted by Gasteiger charge is -2.26. The fraction of sp³-hybridized carbons (Fsp3) is 0.321. The Labute approximate surface area is 256 Å². The van der Waals surface area contributed by atoms with Gasteiger partial charge in [-0.3, -0.25) is 9.36 Å². The van der Waals surface area contributed by atoms with E-state index >= 15 is 0 Å². The topological polar surface area (TPSA) is 79.1 Å². The summed E-state index contributed by atoms with van der Waals surface area (Å²) >= 11 is 8.90. The summed E-state index contributed by atoms with van der Waals surface area (Å²) in [5.74, 6) is -0.192. The third-order valence-corrected chi connectivity index (χ3v) is 7.80. The number of hydrogen-bond acceptors (Lipinski definition) is 7. The van der Waals surface area contributed by atoms with Gasteiger partial charge in [0, 0.05) is 5.02 Å². The van der Waals surface area contributed by atoms with Crippen LogP contribution in [0.4, 0.5) is 13.2 Å². The predicted octanol–water partition coefficient (Wildman–Crippen LogP) is 5.78. The van der Waals surface area contributed by atoms with Crippen molar-refractivity contribution in [3.05, 3.63) is 87.1 Å². The van der Waals surface area contributed by atoms with Crippen LogP contribution in [0.5, 0.6) is 11.5 Å². The number of carbonyl (C=O) groups excluding carboxylic acids is 1. The molecule has 1 atom stereocenters. The second-order valence-electron chi connectivity index (χ2n) is 9.04. The number of nitrogens with zero attached hydrogens (tertiary/aromatic N) is 2. The van der Waals surface area contributed by atoms with E-state index in [1.165, 1.54) is 31.2 Å². The van der Waals surface area contributed by atoms with Crippen LogP contribution in [0.15, 0.2) is 57.5 Å². The lowest BCUT2D eigenvalue weighted by atomic mass is 9.95. The number of benzene rings is 2. The van der Waals surface area contributed by atoms with Gasteiger partial charge in [0.25, 0.3) is 5.56 Å². The Morgan fingerprint density at radius 1 is 1.20 bits per heavy atom. The number of esters is 1. The lowest BCUT2D eigenvalue weighted by Crippen LogP contribution is -2.41. The zero-order valence-corrected chi connectivity index (χ0v) is 26.1. The Kier molecular flexibility index (Phi) is 9.54. The molecule has 7 nitrogen and oxygen atoms in total. The molecule has 0 radical (unpaired) electrons. The molecule has 0 spiro atoms. The van der Waals surface area contributed by atoms with Crippen LogP contribution in [0.25, 0.3) is 6.08 Å². The summed E-state index contributed by atoms with van der Waals surface area (Å²) < 4.78 is 61.5. The molecule has 2 heterocycles. The molecule has 0 unspecified atom stereocenters. The van der Waals surface area contributed by atoms with Crippen LogP contribution >= 0.6 is 45.5 Å². The molecule has 0 fully saturated rings. The van der Waals surface area contributed by atoms with Gasteiger partial charge in [0.05, 0.1) is 39.0 Å². The Morgan fingerprint density at radius 3 is 2.46 bits per heavy atom. The Balaban J connectivity index is 1.99. The van der Waals surface area contributed by atoms with Gasteiger partial charge in [0.1, 0.15) is 0 Å². The van der Waals surface area contributed by atoms with Gasteiger partial charge in [0.2, 0.25) is 0 Å². The summed E-state index contributed by atoms with van der Waals surface area (Å²) in [7, 11) is 0. The van der Waals surface area contributed by atoms with Crippen LogP contribution in [-0.2, 0) is 9.53 Å². The molecule has 0 N–H and O–H groups in total. The Hall–Kier alpha value is -2.84. The summed E-state index contributed by atoms with van der Waals surface area (Å²) in [6.07, 6.45) is -3.55. The first kappa shape index (κ1) is 31.1. The zero-order chi connectivity index (χ0) is 30.1. The van der Waals surface area contributed by atoms with Crippen molar-refractivity contribution in [3.63, 3.8) is 0 Å². The van der Waals surface area contributed by atoms with Crippen molar-refractivity contribution < 1.29 is 32.2 Å². The highest BCUT2D eigenvalue weighted by molar-refractivity contribution is 14.1. The van der Waals surface area contributed by atoms with Crippen molar-refractivity contribution in [2.24, 2.45) is 4.99 Å².